The van der Waals surface area contributed by atoms with Gasteiger partial charge in [0.15, 0.2) is 0 Å². The monoisotopic (exact) mass is 115 g/mol. The molecule has 2 N–H and O–H groups in total. The molecule has 1 nitrogen and oxygen atoms in total. The number of alkyl halides is 1. The number of hydrogen-bond acceptors (Lipinski definition) is 1. The summed E-state index contributed by atoms with van der Waals surface area (Å²) in [5.41, 5.74) is 5.66. The molecule has 0 aromatic carbocycles. The molecule has 0 aromatic heterocycles. The van der Waals surface area contributed by atoms with E-state index in [0.717, 1.165) is 12.8 Å². The Kier molecular flexibility index (Phi) is 0.639. The summed E-state index contributed by atoms with van der Waals surface area (Å²) in [5.74, 6) is 0.238. The maximum atomic E-state index is 12.5. The second-order valence-corrected chi connectivity index (χ2v) is 3.10. The molecule has 2 fully saturated rings. The van der Waals surface area contributed by atoms with Crippen molar-refractivity contribution >= 4 is 0 Å². The van der Waals surface area contributed by atoms with Crippen LogP contribution in [0.4, 0.5) is 4.39 Å². The van der Waals surface area contributed by atoms with Gasteiger partial charge in [-0.3, -0.25) is 0 Å². The normalized spacial score (nSPS) is 60.8. The van der Waals surface area contributed by atoms with Crippen LogP contribution in [0.5, 0.6) is 0 Å². The summed E-state index contributed by atoms with van der Waals surface area (Å²) in [5, 5.41) is 0. The minimum absolute atomic E-state index is 0.0422. The van der Waals surface area contributed by atoms with Crippen LogP contribution >= 0.6 is 0 Å². The lowest BCUT2D eigenvalue weighted by Gasteiger charge is -1.97. The molecule has 2 heteroatoms. The zero-order chi connectivity index (χ0) is 5.78. The van der Waals surface area contributed by atoms with Crippen molar-refractivity contribution in [1.82, 2.24) is 0 Å². The molecule has 2 aliphatic rings. The lowest BCUT2D eigenvalue weighted by molar-refractivity contribution is 0.307. The first-order valence-electron chi connectivity index (χ1n) is 3.15. The van der Waals surface area contributed by atoms with Gasteiger partial charge in [0.25, 0.3) is 0 Å². The molecule has 3 unspecified atom stereocenters. The molecule has 0 aliphatic heterocycles. The highest BCUT2D eigenvalue weighted by atomic mass is 19.1. The molecule has 8 heavy (non-hydrogen) atoms. The first-order chi connectivity index (χ1) is 3.72. The molecule has 3 atom stereocenters. The van der Waals surface area contributed by atoms with Crippen LogP contribution in [0.3, 0.4) is 0 Å². The fraction of sp³-hybridized carbons (Fsp3) is 1.00. The van der Waals surface area contributed by atoms with Gasteiger partial charge in [-0.2, -0.15) is 0 Å². The van der Waals surface area contributed by atoms with Gasteiger partial charge in [-0.05, 0) is 19.3 Å². The Morgan fingerprint density at radius 3 is 2.50 bits per heavy atom. The first kappa shape index (κ1) is 4.74. The molecule has 0 radical (unpaired) electrons. The topological polar surface area (TPSA) is 26.0 Å². The predicted octanol–water partition coefficient (Wildman–Crippen LogP) is 0.836. The Morgan fingerprint density at radius 2 is 2.38 bits per heavy atom. The van der Waals surface area contributed by atoms with Gasteiger partial charge in [-0.25, -0.2) is 4.39 Å². The van der Waals surface area contributed by atoms with Gasteiger partial charge in [0, 0.05) is 11.5 Å². The summed E-state index contributed by atoms with van der Waals surface area (Å²) >= 11 is 0. The Bertz CT molecular complexity index is 126. The first-order valence-corrected chi connectivity index (χ1v) is 3.15. The molecule has 46 valence electrons. The Morgan fingerprint density at radius 1 is 1.62 bits per heavy atom. The smallest absolute Gasteiger partial charge is 0.105 e. The van der Waals surface area contributed by atoms with E-state index in [1.54, 1.807) is 0 Å². The lowest BCUT2D eigenvalue weighted by atomic mass is 10.2. The van der Waals surface area contributed by atoms with Gasteiger partial charge < -0.3 is 5.73 Å². The molecule has 0 spiro atoms. The second-order valence-electron chi connectivity index (χ2n) is 3.10. The van der Waals surface area contributed by atoms with E-state index >= 15 is 0 Å². The van der Waals surface area contributed by atoms with Crippen LogP contribution in [0.15, 0.2) is 0 Å². The molecule has 2 aliphatic carbocycles. The van der Waals surface area contributed by atoms with Gasteiger partial charge in [0.2, 0.25) is 0 Å². The van der Waals surface area contributed by atoms with Crippen LogP contribution in [-0.2, 0) is 0 Å². The fourth-order valence-corrected chi connectivity index (χ4v) is 1.73. The van der Waals surface area contributed by atoms with Crippen molar-refractivity contribution < 1.29 is 4.39 Å². The Balaban J connectivity index is 2.15. The molecule has 0 aromatic rings. The number of rotatable bonds is 0. The standard InChI is InChI=1S/C6H10FN/c7-5-1-2-6(8)3-4(5)6/h4-5H,1-3,8H2. The van der Waals surface area contributed by atoms with Crippen LogP contribution in [0, 0.1) is 5.92 Å². The Labute approximate surface area is 48.1 Å². The van der Waals surface area contributed by atoms with Crippen molar-refractivity contribution in [1.29, 1.82) is 0 Å². The van der Waals surface area contributed by atoms with Gasteiger partial charge in [0.1, 0.15) is 6.17 Å². The maximum Gasteiger partial charge on any atom is 0.105 e. The van der Waals surface area contributed by atoms with E-state index in [9.17, 15) is 4.39 Å². The average molecular weight is 115 g/mol. The van der Waals surface area contributed by atoms with Crippen LogP contribution in [0.25, 0.3) is 0 Å². The van der Waals surface area contributed by atoms with Crippen LogP contribution in [-0.4, -0.2) is 11.7 Å². The summed E-state index contributed by atoms with van der Waals surface area (Å²) in [6, 6.07) is 0. The van der Waals surface area contributed by atoms with Gasteiger partial charge in [-0.15, -0.1) is 0 Å². The third kappa shape index (κ3) is 0.395. The molecule has 0 bridgehead atoms. The summed E-state index contributed by atoms with van der Waals surface area (Å²) in [6.07, 6.45) is 1.99. The van der Waals surface area contributed by atoms with Crippen molar-refractivity contribution in [3.8, 4) is 0 Å². The maximum absolute atomic E-state index is 12.5. The molecular weight excluding hydrogens is 105 g/mol. The molecule has 0 heterocycles. The largest absolute Gasteiger partial charge is 0.325 e. The lowest BCUT2D eigenvalue weighted by Crippen LogP contribution is -2.20. The zero-order valence-corrected chi connectivity index (χ0v) is 4.73. The van der Waals surface area contributed by atoms with Crippen molar-refractivity contribution in [2.24, 2.45) is 11.7 Å². The number of fused-ring (bicyclic) bond motifs is 1. The summed E-state index contributed by atoms with van der Waals surface area (Å²) < 4.78 is 12.5. The third-order valence-corrected chi connectivity index (χ3v) is 2.50. The Hall–Kier alpha value is -0.110. The predicted molar refractivity (Wildman–Crippen MR) is 29.2 cm³/mol. The van der Waals surface area contributed by atoms with Crippen LogP contribution in [0.1, 0.15) is 19.3 Å². The van der Waals surface area contributed by atoms with E-state index in [2.05, 4.69) is 0 Å². The number of hydrogen-bond donors (Lipinski definition) is 1. The molecule has 2 saturated carbocycles. The molecular formula is C6H10FN. The summed E-state index contributed by atoms with van der Waals surface area (Å²) in [4.78, 5) is 0. The van der Waals surface area contributed by atoms with Crippen molar-refractivity contribution in [2.45, 2.75) is 31.0 Å². The number of halogens is 1. The zero-order valence-electron chi connectivity index (χ0n) is 4.73. The van der Waals surface area contributed by atoms with Crippen LogP contribution < -0.4 is 5.73 Å². The van der Waals surface area contributed by atoms with Crippen LogP contribution in [0.2, 0.25) is 0 Å². The fourth-order valence-electron chi connectivity index (χ4n) is 1.73. The van der Waals surface area contributed by atoms with E-state index in [1.807, 2.05) is 0 Å². The molecule has 2 rings (SSSR count). The quantitative estimate of drug-likeness (QED) is 0.497. The van der Waals surface area contributed by atoms with E-state index in [4.69, 9.17) is 5.73 Å². The second kappa shape index (κ2) is 1.08. The summed E-state index contributed by atoms with van der Waals surface area (Å²) in [7, 11) is 0. The average Bonchev–Trinajstić information content (AvgIpc) is 2.32. The highest BCUT2D eigenvalue weighted by molar-refractivity contribution is 5.15. The van der Waals surface area contributed by atoms with Gasteiger partial charge in [-0.1, -0.05) is 0 Å². The van der Waals surface area contributed by atoms with E-state index in [1.165, 1.54) is 0 Å². The number of nitrogens with two attached hydrogens (primary N) is 1. The third-order valence-electron chi connectivity index (χ3n) is 2.50. The molecule has 0 amide bonds. The highest BCUT2D eigenvalue weighted by Crippen LogP contribution is 2.54. The summed E-state index contributed by atoms with van der Waals surface area (Å²) in [6.45, 7) is 0. The van der Waals surface area contributed by atoms with E-state index in [0.29, 0.717) is 6.42 Å². The minimum atomic E-state index is -0.569. The van der Waals surface area contributed by atoms with Gasteiger partial charge in [0.05, 0.1) is 0 Å². The SMILES string of the molecule is NC12CCC(F)C1C2. The van der Waals surface area contributed by atoms with Crippen molar-refractivity contribution in [3.63, 3.8) is 0 Å². The highest BCUT2D eigenvalue weighted by Gasteiger charge is 2.59. The van der Waals surface area contributed by atoms with Gasteiger partial charge >= 0.3 is 0 Å². The van der Waals surface area contributed by atoms with Crippen molar-refractivity contribution in [3.05, 3.63) is 0 Å². The van der Waals surface area contributed by atoms with Crippen molar-refractivity contribution in [2.75, 3.05) is 0 Å². The van der Waals surface area contributed by atoms with E-state index < -0.39 is 6.17 Å². The minimum Gasteiger partial charge on any atom is -0.325 e. The molecule has 0 saturated heterocycles. The van der Waals surface area contributed by atoms with E-state index in [-0.39, 0.29) is 11.5 Å².